The standard InChI is InChI=1S/2HIO3.Pb/c2*2-1(3)4;/h2*2H;. The minimum Gasteiger partial charge on any atom is -0.396 e. The van der Waals surface area contributed by atoms with E-state index in [4.69, 9.17) is 20.6 Å². The van der Waals surface area contributed by atoms with Gasteiger partial charge in [-0.15, -0.1) is 0 Å². The summed E-state index contributed by atoms with van der Waals surface area (Å²) in [5.74, 6) is 0. The molecule has 0 unspecified atom stereocenters. The van der Waals surface area contributed by atoms with E-state index < -0.39 is 42.1 Å². The van der Waals surface area contributed by atoms with E-state index in [9.17, 15) is 0 Å². The van der Waals surface area contributed by atoms with Crippen molar-refractivity contribution in [1.82, 2.24) is 0 Å². The molecule has 2 N–H and O–H groups in total. The molecule has 4 radical (unpaired) electrons. The van der Waals surface area contributed by atoms with Gasteiger partial charge in [0.1, 0.15) is 0 Å². The quantitative estimate of drug-likeness (QED) is 0.224. The fraction of sp³-hybridized carbons (Fsp3) is 0. The summed E-state index contributed by atoms with van der Waals surface area (Å²) in [6, 6.07) is 0. The molecule has 0 aliphatic heterocycles. The molecule has 0 aliphatic carbocycles. The van der Waals surface area contributed by atoms with Crippen LogP contribution in [-0.4, -0.2) is 34.2 Å². The van der Waals surface area contributed by atoms with Crippen LogP contribution in [-0.2, 0) is 0 Å². The second-order valence-corrected chi connectivity index (χ2v) is 2.70. The Hall–Kier alpha value is 2.14. The molecular weight excluding hydrogens is 557 g/mol. The maximum absolute atomic E-state index is 8.68. The third kappa shape index (κ3) is 147. The number of hydrogen-bond acceptors (Lipinski definition) is 6. The van der Waals surface area contributed by atoms with Crippen LogP contribution in [0.4, 0.5) is 0 Å². The molecule has 0 bridgehead atoms. The predicted octanol–water partition coefficient (Wildman–Crippen LogP) is -12.2. The largest absolute Gasteiger partial charge is 0.503 e. The van der Waals surface area contributed by atoms with Crippen LogP contribution >= 0.6 is 0 Å². The average molecular weight is 559 g/mol. The van der Waals surface area contributed by atoms with Crippen LogP contribution in [0.25, 0.3) is 0 Å². The molecule has 0 spiro atoms. The van der Waals surface area contributed by atoms with Crippen molar-refractivity contribution in [3.8, 4) is 0 Å². The fourth-order valence-corrected chi connectivity index (χ4v) is 0. The van der Waals surface area contributed by atoms with Crippen molar-refractivity contribution >= 4 is 27.3 Å². The Bertz CT molecular complexity index is 26.5. The Balaban J connectivity index is -0.0000000720. The van der Waals surface area contributed by atoms with E-state index in [1.165, 1.54) is 0 Å². The maximum atomic E-state index is 8.68. The SMILES string of the molecule is [O-][I+2]([O-])O.[O-][I+2]([O-])O.[Pb]. The molecule has 56 valence electrons. The summed E-state index contributed by atoms with van der Waals surface area (Å²) < 4.78 is 48.9. The first-order valence-electron chi connectivity index (χ1n) is 0.955. The summed E-state index contributed by atoms with van der Waals surface area (Å²) in [6.07, 6.45) is 0. The normalized spacial score (nSPS) is 8.00. The van der Waals surface area contributed by atoms with E-state index in [0.29, 0.717) is 0 Å². The molecule has 0 saturated carbocycles. The van der Waals surface area contributed by atoms with E-state index in [0.717, 1.165) is 0 Å². The third-order valence-corrected chi connectivity index (χ3v) is 0. The van der Waals surface area contributed by atoms with E-state index in [-0.39, 0.29) is 27.3 Å². The monoisotopic (exact) mass is 560 g/mol. The summed E-state index contributed by atoms with van der Waals surface area (Å²) in [7, 11) is 0. The first kappa shape index (κ1) is 17.3. The Morgan fingerprint density at radius 2 is 0.778 bits per heavy atom. The molecule has 6 nitrogen and oxygen atoms in total. The van der Waals surface area contributed by atoms with Gasteiger partial charge in [-0.3, -0.25) is 0 Å². The smallest absolute Gasteiger partial charge is 0.396 e. The zero-order valence-electron chi connectivity index (χ0n) is 3.78. The van der Waals surface area contributed by atoms with E-state index >= 15 is 0 Å². The van der Waals surface area contributed by atoms with Crippen molar-refractivity contribution < 1.29 is 62.7 Å². The van der Waals surface area contributed by atoms with Gasteiger partial charge in [-0.1, -0.05) is 0 Å². The van der Waals surface area contributed by atoms with Crippen molar-refractivity contribution in [3.05, 3.63) is 0 Å². The van der Waals surface area contributed by atoms with Crippen LogP contribution in [0.3, 0.4) is 0 Å². The van der Waals surface area contributed by atoms with Crippen molar-refractivity contribution in [3.63, 3.8) is 0 Å². The van der Waals surface area contributed by atoms with Crippen molar-refractivity contribution in [2.24, 2.45) is 0 Å². The Labute approximate surface area is 88.8 Å². The first-order valence-corrected chi connectivity index (χ1v) is 6.41. The molecule has 0 saturated heterocycles. The molecule has 0 fully saturated rings. The summed E-state index contributed by atoms with van der Waals surface area (Å²) in [6.45, 7) is 0. The second-order valence-electron chi connectivity index (χ2n) is 0.402. The predicted molar refractivity (Wildman–Crippen MR) is 10.2 cm³/mol. The van der Waals surface area contributed by atoms with Gasteiger partial charge in [-0.25, -0.2) is 0 Å². The van der Waals surface area contributed by atoms with E-state index in [2.05, 4.69) is 0 Å². The van der Waals surface area contributed by atoms with Gasteiger partial charge in [0.2, 0.25) is 0 Å². The van der Waals surface area contributed by atoms with Gasteiger partial charge in [0, 0.05) is 27.3 Å². The van der Waals surface area contributed by atoms with Crippen molar-refractivity contribution in [2.45, 2.75) is 0 Å². The van der Waals surface area contributed by atoms with Crippen molar-refractivity contribution in [1.29, 1.82) is 0 Å². The molecule has 9 heteroatoms. The van der Waals surface area contributed by atoms with E-state index in [1.54, 1.807) is 0 Å². The van der Waals surface area contributed by atoms with Gasteiger partial charge in [0.25, 0.3) is 0 Å². The maximum Gasteiger partial charge on any atom is 0.503 e. The van der Waals surface area contributed by atoms with Gasteiger partial charge in [0.15, 0.2) is 0 Å². The van der Waals surface area contributed by atoms with Gasteiger partial charge in [0.05, 0.1) is 0 Å². The number of hydrogen-bond donors (Lipinski definition) is 2. The number of halogens is 2. The molecule has 0 aromatic carbocycles. The second kappa shape index (κ2) is 12.8. The van der Waals surface area contributed by atoms with Gasteiger partial charge < -0.3 is 13.7 Å². The Kier molecular flexibility index (Phi) is 24.6. The summed E-state index contributed by atoms with van der Waals surface area (Å²) in [4.78, 5) is 0. The van der Waals surface area contributed by atoms with Crippen LogP contribution in [0.5, 0.6) is 0 Å². The molecule has 9 heavy (non-hydrogen) atoms. The zero-order chi connectivity index (χ0) is 7.15. The third-order valence-electron chi connectivity index (χ3n) is 0. The van der Waals surface area contributed by atoms with Gasteiger partial charge in [-0.2, -0.15) is 0 Å². The first-order chi connectivity index (χ1) is 3.46. The molecule has 0 aliphatic rings. The van der Waals surface area contributed by atoms with E-state index in [1.807, 2.05) is 0 Å². The van der Waals surface area contributed by atoms with Crippen LogP contribution in [0.15, 0.2) is 0 Å². The molecule has 0 aromatic rings. The molecule has 0 rings (SSSR count). The van der Waals surface area contributed by atoms with Crippen LogP contribution in [0.1, 0.15) is 0 Å². The average Bonchev–Trinajstić information content (AvgIpc) is 1.25. The van der Waals surface area contributed by atoms with Gasteiger partial charge in [-0.05, 0) is 6.87 Å². The number of rotatable bonds is 0. The summed E-state index contributed by atoms with van der Waals surface area (Å²) in [5.41, 5.74) is 0. The topological polar surface area (TPSA) is 133 Å². The minimum atomic E-state index is -3.76. The Morgan fingerprint density at radius 1 is 0.778 bits per heavy atom. The molecule has 0 atom stereocenters. The molecule has 0 amide bonds. The Morgan fingerprint density at radius 3 is 0.778 bits per heavy atom. The fourth-order valence-electron chi connectivity index (χ4n) is 0. The van der Waals surface area contributed by atoms with Gasteiger partial charge >= 0.3 is 42.1 Å². The minimum absolute atomic E-state index is 0. The van der Waals surface area contributed by atoms with Crippen LogP contribution in [0.2, 0.25) is 0 Å². The zero-order valence-corrected chi connectivity index (χ0v) is 12.0. The molecular formula is H2I2O6Pb. The molecule has 0 heterocycles. The molecule has 0 aromatic heterocycles. The summed E-state index contributed by atoms with van der Waals surface area (Å²) >= 11 is -7.53. The summed E-state index contributed by atoms with van der Waals surface area (Å²) in [5, 5.41) is 0. The van der Waals surface area contributed by atoms with Crippen LogP contribution in [0, 0.1) is 0 Å². The van der Waals surface area contributed by atoms with Crippen LogP contribution < -0.4 is 55.9 Å². The van der Waals surface area contributed by atoms with Crippen molar-refractivity contribution in [2.75, 3.05) is 0 Å².